The molecule has 4 aliphatic carbocycles. The van der Waals surface area contributed by atoms with Crippen LogP contribution in [0.3, 0.4) is 0 Å². The Balaban J connectivity index is 1.96. The van der Waals surface area contributed by atoms with Gasteiger partial charge in [-0.3, -0.25) is 0 Å². The van der Waals surface area contributed by atoms with Crippen molar-refractivity contribution in [2.75, 3.05) is 0 Å². The molecular weight excluding hydrogens is 204 g/mol. The average molecular weight is 215 g/mol. The van der Waals surface area contributed by atoms with Gasteiger partial charge in [0.05, 0.1) is 0 Å². The first-order valence-corrected chi connectivity index (χ1v) is 5.88. The van der Waals surface area contributed by atoms with Gasteiger partial charge in [0.1, 0.15) is 0 Å². The van der Waals surface area contributed by atoms with E-state index in [0.29, 0.717) is 23.7 Å². The Kier molecular flexibility index (Phi) is 1.40. The van der Waals surface area contributed by atoms with Crippen LogP contribution in [0.2, 0.25) is 0 Å². The van der Waals surface area contributed by atoms with Gasteiger partial charge >= 0.3 is 0 Å². The summed E-state index contributed by atoms with van der Waals surface area (Å²) in [5, 5.41) is 1.08. The lowest BCUT2D eigenvalue weighted by molar-refractivity contribution is 0.309. The van der Waals surface area contributed by atoms with Crippen molar-refractivity contribution in [1.82, 2.24) is 0 Å². The Hall–Kier alpha value is -1.01. The second-order valence-corrected chi connectivity index (χ2v) is 5.16. The quantitative estimate of drug-likeness (QED) is 0.577. The predicted octanol–water partition coefficient (Wildman–Crippen LogP) is 3.81. The Morgan fingerprint density at radius 3 is 2.33 bits per heavy atom. The average Bonchev–Trinajstić information content (AvgIpc) is 2.27. The standard InChI is InChI=1S/C14H11Cl/c15-13-7-12-10-5-6-11(14(12)13)9-4-2-1-3-8(9)10/h1-7,10-12,14H/t10-,11-,12+,14+/m0/s1. The third-order valence-electron chi connectivity index (χ3n) is 4.13. The number of hydrogen-bond acceptors (Lipinski definition) is 0. The van der Waals surface area contributed by atoms with Crippen LogP contribution in [0.15, 0.2) is 47.5 Å². The molecule has 0 radical (unpaired) electrons. The largest absolute Gasteiger partial charge is 0.0891 e. The third kappa shape index (κ3) is 0.849. The maximum atomic E-state index is 6.21. The van der Waals surface area contributed by atoms with Crippen LogP contribution in [0.4, 0.5) is 0 Å². The Labute approximate surface area is 94.3 Å². The Morgan fingerprint density at radius 1 is 0.933 bits per heavy atom. The van der Waals surface area contributed by atoms with E-state index in [1.807, 2.05) is 0 Å². The number of allylic oxidation sites excluding steroid dienone is 4. The van der Waals surface area contributed by atoms with Gasteiger partial charge in [-0.05, 0) is 17.0 Å². The molecule has 1 aromatic carbocycles. The second kappa shape index (κ2) is 2.56. The SMILES string of the molecule is ClC1=C[C@H]2[C@H]1[C@H]1C=C[C@H]2c2ccccc21. The molecule has 0 aliphatic heterocycles. The Bertz CT molecular complexity index is 498. The summed E-state index contributed by atoms with van der Waals surface area (Å²) in [5.74, 6) is 2.37. The lowest BCUT2D eigenvalue weighted by Gasteiger charge is -2.50. The first kappa shape index (κ1) is 8.18. The minimum absolute atomic E-state index is 0.536. The molecule has 0 unspecified atom stereocenters. The first-order chi connectivity index (χ1) is 7.36. The van der Waals surface area contributed by atoms with Crippen LogP contribution in [0.1, 0.15) is 23.0 Å². The van der Waals surface area contributed by atoms with Crippen molar-refractivity contribution < 1.29 is 0 Å². The highest BCUT2D eigenvalue weighted by Crippen LogP contribution is 2.60. The van der Waals surface area contributed by atoms with Gasteiger partial charge in [-0.15, -0.1) is 0 Å². The molecule has 4 atom stereocenters. The van der Waals surface area contributed by atoms with E-state index in [4.69, 9.17) is 11.6 Å². The van der Waals surface area contributed by atoms with Crippen molar-refractivity contribution in [3.63, 3.8) is 0 Å². The smallest absolute Gasteiger partial charge is 0.0190 e. The molecule has 5 rings (SSSR count). The van der Waals surface area contributed by atoms with E-state index < -0.39 is 0 Å². The molecule has 4 aliphatic rings. The fourth-order valence-corrected chi connectivity index (χ4v) is 3.84. The highest BCUT2D eigenvalue weighted by molar-refractivity contribution is 6.30. The topological polar surface area (TPSA) is 0 Å². The number of benzene rings is 1. The van der Waals surface area contributed by atoms with Gasteiger partial charge in [-0.2, -0.15) is 0 Å². The minimum atomic E-state index is 0.536. The minimum Gasteiger partial charge on any atom is -0.0891 e. The molecular formula is C14H11Cl. The molecule has 1 aromatic rings. The normalized spacial score (nSPS) is 39.1. The molecule has 15 heavy (non-hydrogen) atoms. The van der Waals surface area contributed by atoms with Crippen LogP contribution in [-0.4, -0.2) is 0 Å². The van der Waals surface area contributed by atoms with Crippen molar-refractivity contribution in [3.05, 3.63) is 58.7 Å². The van der Waals surface area contributed by atoms with Gasteiger partial charge in [0.2, 0.25) is 0 Å². The zero-order chi connectivity index (χ0) is 9.99. The molecule has 0 N–H and O–H groups in total. The molecule has 0 amide bonds. The van der Waals surface area contributed by atoms with Crippen LogP contribution in [-0.2, 0) is 0 Å². The molecule has 0 spiro atoms. The lowest BCUT2D eigenvalue weighted by Crippen LogP contribution is -2.39. The van der Waals surface area contributed by atoms with Crippen molar-refractivity contribution in [2.45, 2.75) is 11.8 Å². The summed E-state index contributed by atoms with van der Waals surface area (Å²) in [6, 6.07) is 8.81. The van der Waals surface area contributed by atoms with Gasteiger partial charge in [-0.1, -0.05) is 54.1 Å². The molecule has 0 fully saturated rings. The van der Waals surface area contributed by atoms with E-state index in [1.54, 1.807) is 0 Å². The summed E-state index contributed by atoms with van der Waals surface area (Å²) < 4.78 is 0. The summed E-state index contributed by atoms with van der Waals surface area (Å²) in [7, 11) is 0. The zero-order valence-electron chi connectivity index (χ0n) is 8.23. The summed E-state index contributed by atoms with van der Waals surface area (Å²) in [4.78, 5) is 0. The van der Waals surface area contributed by atoms with Crippen molar-refractivity contribution in [3.8, 4) is 0 Å². The molecule has 0 heterocycles. The third-order valence-corrected chi connectivity index (χ3v) is 4.50. The number of hydrogen-bond donors (Lipinski definition) is 0. The van der Waals surface area contributed by atoms with E-state index in [2.05, 4.69) is 42.5 Å². The van der Waals surface area contributed by atoms with Crippen molar-refractivity contribution >= 4 is 11.6 Å². The van der Waals surface area contributed by atoms with E-state index in [9.17, 15) is 0 Å². The van der Waals surface area contributed by atoms with E-state index in [-0.39, 0.29) is 0 Å². The summed E-state index contributed by atoms with van der Waals surface area (Å²) in [6.45, 7) is 0. The van der Waals surface area contributed by atoms with Crippen LogP contribution in [0.25, 0.3) is 0 Å². The Morgan fingerprint density at radius 2 is 1.60 bits per heavy atom. The van der Waals surface area contributed by atoms with Crippen LogP contribution in [0, 0.1) is 11.8 Å². The first-order valence-electron chi connectivity index (χ1n) is 5.50. The molecule has 2 bridgehead atoms. The molecule has 0 nitrogen and oxygen atoms in total. The highest BCUT2D eigenvalue weighted by Gasteiger charge is 2.48. The van der Waals surface area contributed by atoms with Gasteiger partial charge < -0.3 is 0 Å². The maximum Gasteiger partial charge on any atom is 0.0190 e. The molecule has 0 saturated carbocycles. The monoisotopic (exact) mass is 214 g/mol. The van der Waals surface area contributed by atoms with Crippen molar-refractivity contribution in [2.24, 2.45) is 11.8 Å². The zero-order valence-corrected chi connectivity index (χ0v) is 8.98. The van der Waals surface area contributed by atoms with Crippen LogP contribution < -0.4 is 0 Å². The van der Waals surface area contributed by atoms with E-state index >= 15 is 0 Å². The fraction of sp³-hybridized carbons (Fsp3) is 0.286. The molecule has 0 saturated heterocycles. The summed E-state index contributed by atoms with van der Waals surface area (Å²) in [6.07, 6.45) is 6.96. The highest BCUT2D eigenvalue weighted by atomic mass is 35.5. The molecule has 74 valence electrons. The van der Waals surface area contributed by atoms with Gasteiger partial charge in [0.25, 0.3) is 0 Å². The van der Waals surface area contributed by atoms with Gasteiger partial charge in [0.15, 0.2) is 0 Å². The predicted molar refractivity (Wildman–Crippen MR) is 62.0 cm³/mol. The number of halogens is 1. The van der Waals surface area contributed by atoms with Crippen molar-refractivity contribution in [1.29, 1.82) is 0 Å². The summed E-state index contributed by atoms with van der Waals surface area (Å²) in [5.41, 5.74) is 3.02. The van der Waals surface area contributed by atoms with Gasteiger partial charge in [-0.25, -0.2) is 0 Å². The number of rotatable bonds is 0. The van der Waals surface area contributed by atoms with Crippen LogP contribution in [0.5, 0.6) is 0 Å². The summed E-state index contributed by atoms with van der Waals surface area (Å²) >= 11 is 6.21. The van der Waals surface area contributed by atoms with Crippen LogP contribution >= 0.6 is 11.6 Å². The maximum absolute atomic E-state index is 6.21. The van der Waals surface area contributed by atoms with Gasteiger partial charge in [0, 0.05) is 22.8 Å². The fourth-order valence-electron chi connectivity index (χ4n) is 3.42. The second-order valence-electron chi connectivity index (χ2n) is 4.72. The molecule has 1 heteroatoms. The van der Waals surface area contributed by atoms with E-state index in [0.717, 1.165) is 5.03 Å². The lowest BCUT2D eigenvalue weighted by atomic mass is 9.55. The molecule has 0 aromatic heterocycles. The van der Waals surface area contributed by atoms with E-state index in [1.165, 1.54) is 11.1 Å².